The monoisotopic (exact) mass is 348 g/mol. The van der Waals surface area contributed by atoms with Gasteiger partial charge in [-0.1, -0.05) is 15.9 Å². The van der Waals surface area contributed by atoms with Crippen LogP contribution >= 0.6 is 27.3 Å². The SMILES string of the molecule is Cc1nc(-c2cc(C(=O)O)c3cc(Br)ccc3n2)cs1. The average Bonchev–Trinajstić information content (AvgIpc) is 2.84. The van der Waals surface area contributed by atoms with Crippen LogP contribution in [0.3, 0.4) is 0 Å². The third-order valence-corrected chi connectivity index (χ3v) is 4.15. The van der Waals surface area contributed by atoms with E-state index in [0.29, 0.717) is 22.3 Å². The number of nitrogens with zero attached hydrogens (tertiary/aromatic N) is 2. The van der Waals surface area contributed by atoms with Gasteiger partial charge >= 0.3 is 5.97 Å². The molecule has 0 aliphatic carbocycles. The van der Waals surface area contributed by atoms with E-state index >= 15 is 0 Å². The molecule has 3 rings (SSSR count). The number of carboxylic acid groups (broad SMARTS) is 1. The summed E-state index contributed by atoms with van der Waals surface area (Å²) in [5.74, 6) is -0.969. The summed E-state index contributed by atoms with van der Waals surface area (Å²) < 4.78 is 0.826. The van der Waals surface area contributed by atoms with Gasteiger partial charge in [0.2, 0.25) is 0 Å². The Bertz CT molecular complexity index is 829. The first-order valence-electron chi connectivity index (χ1n) is 5.81. The van der Waals surface area contributed by atoms with Crippen molar-refractivity contribution < 1.29 is 9.90 Å². The highest BCUT2D eigenvalue weighted by atomic mass is 79.9. The van der Waals surface area contributed by atoms with Crippen molar-refractivity contribution >= 4 is 44.1 Å². The first-order chi connectivity index (χ1) is 9.54. The summed E-state index contributed by atoms with van der Waals surface area (Å²) in [6, 6.07) is 6.99. The van der Waals surface area contributed by atoms with Crippen molar-refractivity contribution in [3.8, 4) is 11.4 Å². The van der Waals surface area contributed by atoms with Gasteiger partial charge in [-0.05, 0) is 31.2 Å². The van der Waals surface area contributed by atoms with Crippen molar-refractivity contribution in [2.75, 3.05) is 0 Å². The van der Waals surface area contributed by atoms with E-state index < -0.39 is 5.97 Å². The second-order valence-corrected chi connectivity index (χ2v) is 6.25. The summed E-state index contributed by atoms with van der Waals surface area (Å²) in [7, 11) is 0. The van der Waals surface area contributed by atoms with Crippen LogP contribution in [0, 0.1) is 6.92 Å². The van der Waals surface area contributed by atoms with E-state index in [9.17, 15) is 9.90 Å². The van der Waals surface area contributed by atoms with Crippen molar-refractivity contribution in [2.45, 2.75) is 6.92 Å². The first-order valence-corrected chi connectivity index (χ1v) is 7.48. The lowest BCUT2D eigenvalue weighted by Gasteiger charge is -2.06. The molecule has 0 unspecified atom stereocenters. The van der Waals surface area contributed by atoms with Crippen molar-refractivity contribution in [3.05, 3.63) is 44.7 Å². The smallest absolute Gasteiger partial charge is 0.336 e. The van der Waals surface area contributed by atoms with Crippen LogP contribution in [0.15, 0.2) is 34.1 Å². The van der Waals surface area contributed by atoms with E-state index in [0.717, 1.165) is 9.48 Å². The van der Waals surface area contributed by atoms with Crippen molar-refractivity contribution in [3.63, 3.8) is 0 Å². The number of thiazole rings is 1. The van der Waals surface area contributed by atoms with Crippen molar-refractivity contribution in [1.82, 2.24) is 9.97 Å². The summed E-state index contributed by atoms with van der Waals surface area (Å²) in [5, 5.41) is 12.8. The molecule has 6 heteroatoms. The molecule has 0 radical (unpaired) electrons. The molecule has 1 aromatic carbocycles. The first kappa shape index (κ1) is 13.2. The van der Waals surface area contributed by atoms with Crippen LogP contribution in [0.25, 0.3) is 22.3 Å². The van der Waals surface area contributed by atoms with Gasteiger partial charge in [-0.15, -0.1) is 11.3 Å². The second kappa shape index (κ2) is 4.96. The number of pyridine rings is 1. The van der Waals surface area contributed by atoms with Gasteiger partial charge < -0.3 is 5.11 Å². The zero-order valence-electron chi connectivity index (χ0n) is 10.4. The predicted molar refractivity (Wildman–Crippen MR) is 82.2 cm³/mol. The Morgan fingerprint density at radius 3 is 2.70 bits per heavy atom. The van der Waals surface area contributed by atoms with E-state index in [1.54, 1.807) is 18.2 Å². The van der Waals surface area contributed by atoms with Crippen LogP contribution in [-0.2, 0) is 0 Å². The minimum Gasteiger partial charge on any atom is -0.478 e. The van der Waals surface area contributed by atoms with E-state index in [1.807, 2.05) is 18.4 Å². The van der Waals surface area contributed by atoms with Crippen LogP contribution in [0.4, 0.5) is 0 Å². The molecule has 0 amide bonds. The van der Waals surface area contributed by atoms with E-state index in [1.165, 1.54) is 11.3 Å². The van der Waals surface area contributed by atoms with Crippen LogP contribution in [0.2, 0.25) is 0 Å². The molecule has 1 N–H and O–H groups in total. The van der Waals surface area contributed by atoms with Crippen LogP contribution in [0.5, 0.6) is 0 Å². The third-order valence-electron chi connectivity index (χ3n) is 2.88. The predicted octanol–water partition coefficient (Wildman–Crippen LogP) is 4.13. The summed E-state index contributed by atoms with van der Waals surface area (Å²) >= 11 is 4.87. The molecule has 20 heavy (non-hydrogen) atoms. The van der Waals surface area contributed by atoms with Crippen LogP contribution in [-0.4, -0.2) is 21.0 Å². The lowest BCUT2D eigenvalue weighted by molar-refractivity contribution is 0.0699. The molecule has 2 heterocycles. The third kappa shape index (κ3) is 2.32. The van der Waals surface area contributed by atoms with Crippen LogP contribution < -0.4 is 0 Å². The van der Waals surface area contributed by atoms with Gasteiger partial charge in [-0.2, -0.15) is 0 Å². The Hall–Kier alpha value is -1.79. The molecule has 3 aromatic rings. The largest absolute Gasteiger partial charge is 0.478 e. The van der Waals surface area contributed by atoms with Gasteiger partial charge in [0.25, 0.3) is 0 Å². The molecular weight excluding hydrogens is 340 g/mol. The van der Waals surface area contributed by atoms with Gasteiger partial charge in [-0.3, -0.25) is 0 Å². The Balaban J connectivity index is 2.31. The van der Waals surface area contributed by atoms with Gasteiger partial charge in [-0.25, -0.2) is 14.8 Å². The summed E-state index contributed by atoms with van der Waals surface area (Å²) in [4.78, 5) is 20.3. The molecule has 0 saturated heterocycles. The maximum absolute atomic E-state index is 11.5. The van der Waals surface area contributed by atoms with E-state index in [4.69, 9.17) is 0 Å². The summed E-state index contributed by atoms with van der Waals surface area (Å²) in [6.45, 7) is 1.91. The normalized spacial score (nSPS) is 10.9. The van der Waals surface area contributed by atoms with Gasteiger partial charge in [0, 0.05) is 15.2 Å². The Labute approximate surface area is 127 Å². The maximum Gasteiger partial charge on any atom is 0.336 e. The number of halogens is 1. The highest BCUT2D eigenvalue weighted by molar-refractivity contribution is 9.10. The standard InChI is InChI=1S/C14H9BrN2O2S/c1-7-16-13(6-20-7)12-5-10(14(18)19)9-4-8(15)2-3-11(9)17-12/h2-6H,1H3,(H,18,19). The Kier molecular flexibility index (Phi) is 3.27. The molecule has 100 valence electrons. The molecule has 4 nitrogen and oxygen atoms in total. The van der Waals surface area contributed by atoms with Crippen LogP contribution in [0.1, 0.15) is 15.4 Å². The van der Waals surface area contributed by atoms with E-state index in [2.05, 4.69) is 25.9 Å². The number of rotatable bonds is 2. The molecule has 2 aromatic heterocycles. The summed E-state index contributed by atoms with van der Waals surface area (Å²) in [5.41, 5.74) is 2.17. The minimum absolute atomic E-state index is 0.233. The average molecular weight is 349 g/mol. The number of fused-ring (bicyclic) bond motifs is 1. The molecule has 0 saturated carbocycles. The molecule has 0 aliphatic heterocycles. The molecule has 0 bridgehead atoms. The number of carbonyl (C=O) groups is 1. The number of hydrogen-bond acceptors (Lipinski definition) is 4. The second-order valence-electron chi connectivity index (χ2n) is 4.27. The number of benzene rings is 1. The molecule has 0 atom stereocenters. The number of carboxylic acids is 1. The number of aromatic nitrogens is 2. The minimum atomic E-state index is -0.969. The highest BCUT2D eigenvalue weighted by Crippen LogP contribution is 2.27. The topological polar surface area (TPSA) is 63.1 Å². The lowest BCUT2D eigenvalue weighted by Crippen LogP contribution is -2.00. The quantitative estimate of drug-likeness (QED) is 0.756. The Morgan fingerprint density at radius 2 is 2.05 bits per heavy atom. The highest BCUT2D eigenvalue weighted by Gasteiger charge is 2.14. The number of aryl methyl sites for hydroxylation is 1. The van der Waals surface area contributed by atoms with E-state index in [-0.39, 0.29) is 5.56 Å². The fraction of sp³-hybridized carbons (Fsp3) is 0.0714. The van der Waals surface area contributed by atoms with Gasteiger partial charge in [0.1, 0.15) is 0 Å². The van der Waals surface area contributed by atoms with Crippen molar-refractivity contribution in [1.29, 1.82) is 0 Å². The fourth-order valence-electron chi connectivity index (χ4n) is 1.99. The zero-order chi connectivity index (χ0) is 14.3. The molecule has 0 fully saturated rings. The van der Waals surface area contributed by atoms with Crippen molar-refractivity contribution in [2.24, 2.45) is 0 Å². The lowest BCUT2D eigenvalue weighted by atomic mass is 10.1. The maximum atomic E-state index is 11.5. The molecule has 0 aliphatic rings. The zero-order valence-corrected chi connectivity index (χ0v) is 12.8. The molecular formula is C14H9BrN2O2S. The van der Waals surface area contributed by atoms with Gasteiger partial charge in [0.05, 0.1) is 27.5 Å². The van der Waals surface area contributed by atoms with Gasteiger partial charge in [0.15, 0.2) is 0 Å². The number of hydrogen-bond donors (Lipinski definition) is 1. The number of aromatic carboxylic acids is 1. The molecule has 0 spiro atoms. The fourth-order valence-corrected chi connectivity index (χ4v) is 2.96. The Morgan fingerprint density at radius 1 is 1.25 bits per heavy atom. The summed E-state index contributed by atoms with van der Waals surface area (Å²) in [6.07, 6.45) is 0.